The van der Waals surface area contributed by atoms with Crippen LogP contribution in [0, 0.1) is 0 Å². The summed E-state index contributed by atoms with van der Waals surface area (Å²) in [5, 5.41) is 0. The summed E-state index contributed by atoms with van der Waals surface area (Å²) in [7, 11) is 0. The Morgan fingerprint density at radius 1 is 1.64 bits per heavy atom. The minimum absolute atomic E-state index is 0.0644. The van der Waals surface area contributed by atoms with E-state index < -0.39 is 0 Å². The number of pyridine rings is 1. The molecule has 2 N–H and O–H groups in total. The molecule has 0 saturated carbocycles. The van der Waals surface area contributed by atoms with Crippen LogP contribution in [0.5, 0.6) is 0 Å². The van der Waals surface area contributed by atoms with Gasteiger partial charge >= 0.3 is 0 Å². The van der Waals surface area contributed by atoms with Crippen LogP contribution in [-0.4, -0.2) is 10.8 Å². The highest BCUT2D eigenvalue weighted by molar-refractivity contribution is 5.97. The first-order valence-corrected chi connectivity index (χ1v) is 4.46. The molecule has 0 spiro atoms. The molecular weight excluding hydrogens is 176 g/mol. The highest BCUT2D eigenvalue weighted by Crippen LogP contribution is 2.08. The van der Waals surface area contributed by atoms with E-state index in [1.165, 1.54) is 0 Å². The minimum Gasteiger partial charge on any atom is -0.325 e. The third-order valence-electron chi connectivity index (χ3n) is 1.81. The van der Waals surface area contributed by atoms with Crippen molar-refractivity contribution in [1.82, 2.24) is 4.98 Å². The number of nitrogens with two attached hydrogens (primary N) is 1. The van der Waals surface area contributed by atoms with Gasteiger partial charge in [0.05, 0.1) is 5.69 Å². The van der Waals surface area contributed by atoms with Crippen LogP contribution in [0.3, 0.4) is 0 Å². The summed E-state index contributed by atoms with van der Waals surface area (Å²) in [6, 6.07) is 3.43. The molecule has 0 aliphatic heterocycles. The Hall–Kier alpha value is -1.48. The van der Waals surface area contributed by atoms with Crippen molar-refractivity contribution in [3.63, 3.8) is 0 Å². The summed E-state index contributed by atoms with van der Waals surface area (Å²) in [4.78, 5) is 15.6. The van der Waals surface area contributed by atoms with Gasteiger partial charge < -0.3 is 5.73 Å². The molecule has 0 unspecified atom stereocenters. The predicted molar refractivity (Wildman–Crippen MR) is 55.9 cm³/mol. The van der Waals surface area contributed by atoms with Gasteiger partial charge in [-0.25, -0.2) is 0 Å². The number of hydrogen-bond donors (Lipinski definition) is 1. The van der Waals surface area contributed by atoms with Crippen molar-refractivity contribution in [3.8, 4) is 0 Å². The molecule has 3 nitrogen and oxygen atoms in total. The van der Waals surface area contributed by atoms with E-state index in [0.717, 1.165) is 11.3 Å². The van der Waals surface area contributed by atoms with Gasteiger partial charge in [-0.05, 0) is 19.1 Å². The Morgan fingerprint density at radius 3 is 2.93 bits per heavy atom. The molecule has 1 heterocycles. The molecule has 0 aliphatic rings. The Kier molecular flexibility index (Phi) is 3.54. The van der Waals surface area contributed by atoms with E-state index in [4.69, 9.17) is 5.73 Å². The molecule has 0 amide bonds. The summed E-state index contributed by atoms with van der Waals surface area (Å²) in [5.41, 5.74) is 7.68. The number of Topliss-reactive ketones (excluding diaryl/α,β-unsaturated/α-hetero) is 1. The molecule has 74 valence electrons. The van der Waals surface area contributed by atoms with Crippen molar-refractivity contribution in [2.45, 2.75) is 19.9 Å². The van der Waals surface area contributed by atoms with E-state index in [2.05, 4.69) is 11.6 Å². The molecular formula is C11H14N2O. The second-order valence-electron chi connectivity index (χ2n) is 3.30. The highest BCUT2D eigenvalue weighted by Gasteiger charge is 2.06. The van der Waals surface area contributed by atoms with E-state index in [1.807, 2.05) is 6.92 Å². The van der Waals surface area contributed by atoms with Crippen LogP contribution >= 0.6 is 0 Å². The molecule has 0 bridgehead atoms. The lowest BCUT2D eigenvalue weighted by Gasteiger charge is -2.01. The van der Waals surface area contributed by atoms with Crippen molar-refractivity contribution >= 4 is 5.78 Å². The second kappa shape index (κ2) is 4.67. The van der Waals surface area contributed by atoms with Crippen molar-refractivity contribution in [2.24, 2.45) is 5.73 Å². The van der Waals surface area contributed by atoms with E-state index in [-0.39, 0.29) is 5.78 Å². The molecule has 1 aromatic heterocycles. The number of carbonyl (C=O) groups excluding carboxylic acids is 1. The summed E-state index contributed by atoms with van der Waals surface area (Å²) in [6.45, 7) is 5.89. The van der Waals surface area contributed by atoms with Crippen molar-refractivity contribution < 1.29 is 4.79 Å². The lowest BCUT2D eigenvalue weighted by atomic mass is 10.1. The molecule has 0 fully saturated rings. The first-order chi connectivity index (χ1) is 6.63. The molecule has 0 aromatic carbocycles. The fraction of sp³-hybridized carbons (Fsp3) is 0.273. The molecule has 1 aromatic rings. The van der Waals surface area contributed by atoms with Gasteiger partial charge in [-0.2, -0.15) is 0 Å². The van der Waals surface area contributed by atoms with Crippen LogP contribution in [0.1, 0.15) is 29.4 Å². The SMILES string of the molecule is C=C(C)CC(=O)c1ccnc(CN)c1. The number of hydrogen-bond acceptors (Lipinski definition) is 3. The quantitative estimate of drug-likeness (QED) is 0.580. The van der Waals surface area contributed by atoms with Gasteiger partial charge in [0.15, 0.2) is 5.78 Å². The number of nitrogens with zero attached hydrogens (tertiary/aromatic N) is 1. The average molecular weight is 190 g/mol. The van der Waals surface area contributed by atoms with Gasteiger partial charge in [-0.3, -0.25) is 9.78 Å². The van der Waals surface area contributed by atoms with Gasteiger partial charge in [0, 0.05) is 24.7 Å². The van der Waals surface area contributed by atoms with Crippen LogP contribution in [-0.2, 0) is 6.54 Å². The lowest BCUT2D eigenvalue weighted by Crippen LogP contribution is -2.04. The topological polar surface area (TPSA) is 56.0 Å². The summed E-state index contributed by atoms with van der Waals surface area (Å²) < 4.78 is 0. The zero-order valence-corrected chi connectivity index (χ0v) is 8.29. The molecule has 1 rings (SSSR count). The molecule has 0 aliphatic carbocycles. The van der Waals surface area contributed by atoms with Gasteiger partial charge in [0.25, 0.3) is 0 Å². The van der Waals surface area contributed by atoms with Gasteiger partial charge in [0.1, 0.15) is 0 Å². The maximum Gasteiger partial charge on any atom is 0.166 e. The Labute approximate surface area is 83.7 Å². The predicted octanol–water partition coefficient (Wildman–Crippen LogP) is 1.69. The van der Waals surface area contributed by atoms with Crippen LogP contribution in [0.4, 0.5) is 0 Å². The second-order valence-corrected chi connectivity index (χ2v) is 3.30. The van der Waals surface area contributed by atoms with Gasteiger partial charge in [-0.1, -0.05) is 12.2 Å². The highest BCUT2D eigenvalue weighted by atomic mass is 16.1. The number of allylic oxidation sites excluding steroid dienone is 1. The zero-order valence-electron chi connectivity index (χ0n) is 8.29. The number of aromatic nitrogens is 1. The number of ketones is 1. The Balaban J connectivity index is 2.84. The Morgan fingerprint density at radius 2 is 2.36 bits per heavy atom. The average Bonchev–Trinajstić information content (AvgIpc) is 2.17. The lowest BCUT2D eigenvalue weighted by molar-refractivity contribution is 0.0993. The van der Waals surface area contributed by atoms with E-state index in [0.29, 0.717) is 18.5 Å². The van der Waals surface area contributed by atoms with E-state index in [9.17, 15) is 4.79 Å². The van der Waals surface area contributed by atoms with Crippen LogP contribution in [0.25, 0.3) is 0 Å². The van der Waals surface area contributed by atoms with Gasteiger partial charge in [0.2, 0.25) is 0 Å². The van der Waals surface area contributed by atoms with Crippen molar-refractivity contribution in [2.75, 3.05) is 0 Å². The standard InChI is InChI=1S/C11H14N2O/c1-8(2)5-11(14)9-3-4-13-10(6-9)7-12/h3-4,6H,1,5,7,12H2,2H3. The van der Waals surface area contributed by atoms with E-state index >= 15 is 0 Å². The van der Waals surface area contributed by atoms with Gasteiger partial charge in [-0.15, -0.1) is 0 Å². The maximum absolute atomic E-state index is 11.6. The molecule has 0 radical (unpaired) electrons. The summed E-state index contributed by atoms with van der Waals surface area (Å²) >= 11 is 0. The van der Waals surface area contributed by atoms with Crippen molar-refractivity contribution in [3.05, 3.63) is 41.7 Å². The van der Waals surface area contributed by atoms with Crippen LogP contribution < -0.4 is 5.73 Å². The monoisotopic (exact) mass is 190 g/mol. The fourth-order valence-corrected chi connectivity index (χ4v) is 1.14. The largest absolute Gasteiger partial charge is 0.325 e. The molecule has 0 atom stereocenters. The molecule has 3 heteroatoms. The normalized spacial score (nSPS) is 9.86. The maximum atomic E-state index is 11.6. The fourth-order valence-electron chi connectivity index (χ4n) is 1.14. The summed E-state index contributed by atoms with van der Waals surface area (Å²) in [6.07, 6.45) is 1.99. The van der Waals surface area contributed by atoms with Crippen LogP contribution in [0.2, 0.25) is 0 Å². The first-order valence-electron chi connectivity index (χ1n) is 4.46. The smallest absolute Gasteiger partial charge is 0.166 e. The third-order valence-corrected chi connectivity index (χ3v) is 1.81. The Bertz CT molecular complexity index is 358. The third kappa shape index (κ3) is 2.78. The first kappa shape index (κ1) is 10.6. The molecule has 14 heavy (non-hydrogen) atoms. The number of carbonyl (C=O) groups is 1. The van der Waals surface area contributed by atoms with E-state index in [1.54, 1.807) is 18.3 Å². The zero-order chi connectivity index (χ0) is 10.6. The summed E-state index contributed by atoms with van der Waals surface area (Å²) in [5.74, 6) is 0.0644. The minimum atomic E-state index is 0.0644. The van der Waals surface area contributed by atoms with Crippen LogP contribution in [0.15, 0.2) is 30.5 Å². The number of rotatable bonds is 4. The molecule has 0 saturated heterocycles. The van der Waals surface area contributed by atoms with Crippen molar-refractivity contribution in [1.29, 1.82) is 0 Å².